The Hall–Kier alpha value is -1.89. The number of hydrogen-bond acceptors (Lipinski definition) is 5. The molecule has 1 atom stereocenters. The van der Waals surface area contributed by atoms with Gasteiger partial charge >= 0.3 is 6.03 Å². The van der Waals surface area contributed by atoms with Crippen molar-refractivity contribution in [3.05, 3.63) is 12.4 Å². The van der Waals surface area contributed by atoms with Crippen molar-refractivity contribution in [3.8, 4) is 0 Å². The van der Waals surface area contributed by atoms with Crippen LogP contribution < -0.4 is 15.5 Å². The van der Waals surface area contributed by atoms with Gasteiger partial charge < -0.3 is 20.4 Å². The fourth-order valence-corrected chi connectivity index (χ4v) is 2.73. The van der Waals surface area contributed by atoms with E-state index in [0.717, 1.165) is 6.42 Å². The number of nitrogens with zero attached hydrogens (tertiary/aromatic N) is 4. The summed E-state index contributed by atoms with van der Waals surface area (Å²) in [6.45, 7) is 5.27. The van der Waals surface area contributed by atoms with Crippen molar-refractivity contribution in [1.82, 2.24) is 20.2 Å². The quantitative estimate of drug-likeness (QED) is 0.838. The number of amides is 2. The summed E-state index contributed by atoms with van der Waals surface area (Å²) in [5.41, 5.74) is 0.595. The standard InChI is InChI=1S/C16H28N6O/c1-13(22-9-5-4-6-10-22)7-8-17-16(23)20-14-11-18-15(19-12-14)21(2)3/h11-13H,4-10H2,1-3H3,(H2,17,20,23)/t13-/m0/s1. The van der Waals surface area contributed by atoms with Gasteiger partial charge in [-0.1, -0.05) is 6.42 Å². The van der Waals surface area contributed by atoms with Gasteiger partial charge in [-0.15, -0.1) is 0 Å². The first-order chi connectivity index (χ1) is 11.1. The normalized spacial score (nSPS) is 16.7. The van der Waals surface area contributed by atoms with Crippen molar-refractivity contribution in [1.29, 1.82) is 0 Å². The van der Waals surface area contributed by atoms with Crippen LogP contribution in [0.5, 0.6) is 0 Å². The third-order valence-electron chi connectivity index (χ3n) is 4.16. The minimum absolute atomic E-state index is 0.211. The SMILES string of the molecule is C[C@@H](CCNC(=O)Nc1cnc(N(C)C)nc1)N1CCCCC1. The maximum absolute atomic E-state index is 11.9. The number of urea groups is 1. The minimum atomic E-state index is -0.211. The highest BCUT2D eigenvalue weighted by molar-refractivity contribution is 5.88. The molecule has 2 amide bonds. The van der Waals surface area contributed by atoms with Crippen molar-refractivity contribution in [3.63, 3.8) is 0 Å². The summed E-state index contributed by atoms with van der Waals surface area (Å²) in [7, 11) is 3.75. The molecule has 1 aromatic heterocycles. The molecule has 128 valence electrons. The first-order valence-corrected chi connectivity index (χ1v) is 8.34. The van der Waals surface area contributed by atoms with Crippen molar-refractivity contribution < 1.29 is 4.79 Å². The molecule has 1 aliphatic heterocycles. The molecule has 2 N–H and O–H groups in total. The van der Waals surface area contributed by atoms with E-state index < -0.39 is 0 Å². The number of anilines is 2. The zero-order chi connectivity index (χ0) is 16.7. The summed E-state index contributed by atoms with van der Waals surface area (Å²) in [5, 5.41) is 5.65. The largest absolute Gasteiger partial charge is 0.347 e. The van der Waals surface area contributed by atoms with E-state index in [9.17, 15) is 4.79 Å². The molecule has 0 bridgehead atoms. The molecule has 0 aliphatic carbocycles. The number of likely N-dealkylation sites (tertiary alicyclic amines) is 1. The summed E-state index contributed by atoms with van der Waals surface area (Å²) < 4.78 is 0. The van der Waals surface area contributed by atoms with Crippen molar-refractivity contribution in [2.24, 2.45) is 0 Å². The van der Waals surface area contributed by atoms with Gasteiger partial charge in [0.2, 0.25) is 5.95 Å². The van der Waals surface area contributed by atoms with Crippen LogP contribution in [0.2, 0.25) is 0 Å². The highest BCUT2D eigenvalue weighted by atomic mass is 16.2. The second-order valence-corrected chi connectivity index (χ2v) is 6.28. The topological polar surface area (TPSA) is 73.4 Å². The van der Waals surface area contributed by atoms with Gasteiger partial charge in [0.05, 0.1) is 18.1 Å². The molecule has 0 saturated carbocycles. The third kappa shape index (κ3) is 5.67. The molecule has 2 rings (SSSR count). The number of piperidine rings is 1. The monoisotopic (exact) mass is 320 g/mol. The lowest BCUT2D eigenvalue weighted by molar-refractivity contribution is 0.166. The van der Waals surface area contributed by atoms with Crippen LogP contribution in [0.4, 0.5) is 16.4 Å². The maximum atomic E-state index is 11.9. The average Bonchev–Trinajstić information content (AvgIpc) is 2.56. The highest BCUT2D eigenvalue weighted by Gasteiger charge is 2.16. The smallest absolute Gasteiger partial charge is 0.319 e. The summed E-state index contributed by atoms with van der Waals surface area (Å²) >= 11 is 0. The average molecular weight is 320 g/mol. The Kier molecular flexibility index (Phi) is 6.58. The third-order valence-corrected chi connectivity index (χ3v) is 4.16. The molecule has 7 nitrogen and oxygen atoms in total. The van der Waals surface area contributed by atoms with Gasteiger partial charge in [0.15, 0.2) is 0 Å². The van der Waals surface area contributed by atoms with Gasteiger partial charge in [0.1, 0.15) is 0 Å². The first kappa shape index (κ1) is 17.5. The molecule has 0 spiro atoms. The Morgan fingerprint density at radius 1 is 1.26 bits per heavy atom. The van der Waals surface area contributed by atoms with Crippen LogP contribution in [0.25, 0.3) is 0 Å². The Balaban J connectivity index is 1.68. The van der Waals surface area contributed by atoms with Crippen LogP contribution in [0.1, 0.15) is 32.6 Å². The number of hydrogen-bond donors (Lipinski definition) is 2. The molecule has 0 radical (unpaired) electrons. The van der Waals surface area contributed by atoms with E-state index in [0.29, 0.717) is 24.2 Å². The number of carbonyl (C=O) groups is 1. The van der Waals surface area contributed by atoms with Crippen LogP contribution in [0.15, 0.2) is 12.4 Å². The van der Waals surface area contributed by atoms with Gasteiger partial charge in [0.25, 0.3) is 0 Å². The van der Waals surface area contributed by atoms with Crippen LogP contribution in [0, 0.1) is 0 Å². The molecule has 1 aromatic rings. The molecule has 1 fully saturated rings. The molecule has 0 aromatic carbocycles. The van der Waals surface area contributed by atoms with Crippen LogP contribution in [-0.4, -0.2) is 60.7 Å². The van der Waals surface area contributed by atoms with Crippen LogP contribution >= 0.6 is 0 Å². The number of aromatic nitrogens is 2. The Morgan fingerprint density at radius 3 is 2.52 bits per heavy atom. The Bertz CT molecular complexity index is 484. The first-order valence-electron chi connectivity index (χ1n) is 8.34. The van der Waals surface area contributed by atoms with E-state index in [-0.39, 0.29) is 6.03 Å². The molecule has 1 saturated heterocycles. The zero-order valence-corrected chi connectivity index (χ0v) is 14.4. The lowest BCUT2D eigenvalue weighted by Gasteiger charge is -2.32. The molecular formula is C16H28N6O. The number of nitrogens with one attached hydrogen (secondary N) is 2. The summed E-state index contributed by atoms with van der Waals surface area (Å²) in [6.07, 6.45) is 8.11. The molecule has 7 heteroatoms. The van der Waals surface area contributed by atoms with Gasteiger partial charge in [-0.25, -0.2) is 14.8 Å². The summed E-state index contributed by atoms with van der Waals surface area (Å²) in [4.78, 5) is 24.5. The lowest BCUT2D eigenvalue weighted by atomic mass is 10.1. The molecular weight excluding hydrogens is 292 g/mol. The second kappa shape index (κ2) is 8.67. The Morgan fingerprint density at radius 2 is 1.91 bits per heavy atom. The predicted octanol–water partition coefficient (Wildman–Crippen LogP) is 1.93. The Labute approximate surface area is 138 Å². The fourth-order valence-electron chi connectivity index (χ4n) is 2.73. The lowest BCUT2D eigenvalue weighted by Crippen LogP contribution is -2.40. The van der Waals surface area contributed by atoms with Crippen molar-refractivity contribution >= 4 is 17.7 Å². The zero-order valence-electron chi connectivity index (χ0n) is 14.4. The second-order valence-electron chi connectivity index (χ2n) is 6.28. The molecule has 2 heterocycles. The molecule has 1 aliphatic rings. The molecule has 0 unspecified atom stereocenters. The minimum Gasteiger partial charge on any atom is -0.347 e. The van der Waals surface area contributed by atoms with E-state index in [1.54, 1.807) is 12.4 Å². The van der Waals surface area contributed by atoms with Crippen LogP contribution in [-0.2, 0) is 0 Å². The van der Waals surface area contributed by atoms with Gasteiger partial charge in [0, 0.05) is 26.7 Å². The summed E-state index contributed by atoms with van der Waals surface area (Å²) in [5.74, 6) is 0.617. The van der Waals surface area contributed by atoms with E-state index in [4.69, 9.17) is 0 Å². The number of rotatable bonds is 6. The maximum Gasteiger partial charge on any atom is 0.319 e. The van der Waals surface area contributed by atoms with Gasteiger partial charge in [-0.05, 0) is 39.3 Å². The predicted molar refractivity (Wildman–Crippen MR) is 92.9 cm³/mol. The summed E-state index contributed by atoms with van der Waals surface area (Å²) in [6, 6.07) is 0.301. The van der Waals surface area contributed by atoms with E-state index in [1.165, 1.54) is 32.4 Å². The number of carbonyl (C=O) groups excluding carboxylic acids is 1. The fraction of sp³-hybridized carbons (Fsp3) is 0.688. The van der Waals surface area contributed by atoms with E-state index in [1.807, 2.05) is 19.0 Å². The van der Waals surface area contributed by atoms with Gasteiger partial charge in [-0.2, -0.15) is 0 Å². The van der Waals surface area contributed by atoms with Crippen molar-refractivity contribution in [2.45, 2.75) is 38.6 Å². The highest BCUT2D eigenvalue weighted by Crippen LogP contribution is 2.13. The van der Waals surface area contributed by atoms with E-state index in [2.05, 4.69) is 32.4 Å². The van der Waals surface area contributed by atoms with Crippen LogP contribution in [0.3, 0.4) is 0 Å². The van der Waals surface area contributed by atoms with Gasteiger partial charge in [-0.3, -0.25) is 0 Å². The van der Waals surface area contributed by atoms with Crippen molar-refractivity contribution in [2.75, 3.05) is 43.9 Å². The van der Waals surface area contributed by atoms with E-state index >= 15 is 0 Å². The molecule has 23 heavy (non-hydrogen) atoms.